The second kappa shape index (κ2) is 11.4. The van der Waals surface area contributed by atoms with E-state index in [9.17, 15) is 18.8 Å². The number of ether oxygens (including phenoxy) is 3. The number of anilines is 2. The van der Waals surface area contributed by atoms with Gasteiger partial charge in [0.25, 0.3) is 17.3 Å². The van der Waals surface area contributed by atoms with Crippen molar-refractivity contribution < 1.29 is 28.2 Å². The van der Waals surface area contributed by atoms with Crippen molar-refractivity contribution in [2.75, 3.05) is 43.1 Å². The van der Waals surface area contributed by atoms with Crippen molar-refractivity contribution in [3.63, 3.8) is 0 Å². The number of rotatable bonds is 7. The second-order valence-corrected chi connectivity index (χ2v) is 7.79. The van der Waals surface area contributed by atoms with Crippen molar-refractivity contribution in [3.8, 4) is 11.6 Å². The zero-order valence-electron chi connectivity index (χ0n) is 19.0. The Morgan fingerprint density at radius 1 is 1.24 bits per heavy atom. The molecule has 2 aliphatic rings. The number of aromatic nitrogens is 4. The van der Waals surface area contributed by atoms with Gasteiger partial charge in [-0.15, -0.1) is 0 Å². The predicted molar refractivity (Wildman–Crippen MR) is 136 cm³/mol. The van der Waals surface area contributed by atoms with E-state index in [2.05, 4.69) is 25.6 Å². The molecule has 2 N–H and O–H groups in total. The summed E-state index contributed by atoms with van der Waals surface area (Å²) in [7, 11) is 1.52. The van der Waals surface area contributed by atoms with Gasteiger partial charge in [-0.25, -0.2) is 24.1 Å². The zero-order valence-corrected chi connectivity index (χ0v) is 20.0. The molecule has 1 atom stereocenters. The first kappa shape index (κ1) is 27.6. The van der Waals surface area contributed by atoms with Gasteiger partial charge in [0.2, 0.25) is 0 Å². The lowest BCUT2D eigenvalue weighted by Gasteiger charge is -2.18. The van der Waals surface area contributed by atoms with Gasteiger partial charge in [-0.05, 0) is 12.1 Å². The highest BCUT2D eigenvalue weighted by Gasteiger charge is 2.34. The van der Waals surface area contributed by atoms with Crippen LogP contribution in [0.1, 0.15) is 7.43 Å². The van der Waals surface area contributed by atoms with Crippen LogP contribution in [0.3, 0.4) is 0 Å². The number of fused-ring (bicyclic) bond motifs is 2. The smallest absolute Gasteiger partial charge is 0.416 e. The maximum absolute atomic E-state index is 14.4. The number of hydrogen-bond acceptors (Lipinski definition) is 10. The van der Waals surface area contributed by atoms with Crippen LogP contribution in [0.15, 0.2) is 29.3 Å². The van der Waals surface area contributed by atoms with Gasteiger partial charge in [-0.2, -0.15) is 13.5 Å². The summed E-state index contributed by atoms with van der Waals surface area (Å²) in [5, 5.41) is 5.63. The van der Waals surface area contributed by atoms with Crippen LogP contribution in [0.5, 0.6) is 11.6 Å². The topological polar surface area (TPSA) is 150 Å². The maximum Gasteiger partial charge on any atom is 0.416 e. The summed E-state index contributed by atoms with van der Waals surface area (Å²) in [5.74, 6) is -0.488. The fraction of sp³-hybridized carbons (Fsp3) is 0.364. The normalized spacial score (nSPS) is 16.2. The molecule has 4 heterocycles. The lowest BCUT2D eigenvalue weighted by Crippen LogP contribution is -2.33. The summed E-state index contributed by atoms with van der Waals surface area (Å²) in [6.45, 7) is 0.786. The van der Waals surface area contributed by atoms with E-state index in [0.717, 1.165) is 6.20 Å². The third kappa shape index (κ3) is 5.56. The van der Waals surface area contributed by atoms with Crippen LogP contribution < -0.4 is 30.6 Å². The molecule has 37 heavy (non-hydrogen) atoms. The third-order valence-electron chi connectivity index (χ3n) is 5.41. The molecule has 2 aromatic heterocycles. The molecule has 0 radical (unpaired) electrons. The molecular weight excluding hydrogens is 509 g/mol. The van der Waals surface area contributed by atoms with Crippen LogP contribution in [-0.2, 0) is 16.6 Å². The average molecular weight is 536 g/mol. The van der Waals surface area contributed by atoms with Gasteiger partial charge in [-0.3, -0.25) is 14.5 Å². The zero-order chi connectivity index (χ0) is 24.5. The van der Waals surface area contributed by atoms with Gasteiger partial charge in [-0.1, -0.05) is 7.43 Å². The minimum absolute atomic E-state index is 0. The molecular formula is C22H26FN7O6S. The van der Waals surface area contributed by atoms with Crippen molar-refractivity contribution in [1.29, 1.82) is 0 Å². The number of halogens is 1. The molecule has 5 rings (SSSR count). The summed E-state index contributed by atoms with van der Waals surface area (Å²) >= 11 is 0. The van der Waals surface area contributed by atoms with E-state index in [-0.39, 0.29) is 80.9 Å². The summed E-state index contributed by atoms with van der Waals surface area (Å²) in [6, 6.07) is 2.71. The monoisotopic (exact) mass is 535 g/mol. The summed E-state index contributed by atoms with van der Waals surface area (Å²) < 4.78 is 31.8. The predicted octanol–water partition coefficient (Wildman–Crippen LogP) is 0.936. The Morgan fingerprint density at radius 2 is 2.05 bits per heavy atom. The third-order valence-corrected chi connectivity index (χ3v) is 5.41. The quantitative estimate of drug-likeness (QED) is 0.419. The number of benzene rings is 1. The molecule has 0 spiro atoms. The number of aryl methyl sites for hydroxylation is 1. The Bertz CT molecular complexity index is 1390. The van der Waals surface area contributed by atoms with Crippen LogP contribution >= 0.6 is 13.5 Å². The highest BCUT2D eigenvalue weighted by molar-refractivity contribution is 7.59. The number of cyclic esters (lactones) is 1. The van der Waals surface area contributed by atoms with Gasteiger partial charge < -0.3 is 29.4 Å². The van der Waals surface area contributed by atoms with E-state index in [1.807, 2.05) is 0 Å². The van der Waals surface area contributed by atoms with Crippen molar-refractivity contribution in [1.82, 2.24) is 24.8 Å². The van der Waals surface area contributed by atoms with Crippen molar-refractivity contribution in [3.05, 3.63) is 40.7 Å². The summed E-state index contributed by atoms with van der Waals surface area (Å²) in [6.07, 6.45) is 1.45. The van der Waals surface area contributed by atoms with Crippen LogP contribution in [0.2, 0.25) is 0 Å². The van der Waals surface area contributed by atoms with Crippen LogP contribution in [0.25, 0.3) is 11.0 Å². The van der Waals surface area contributed by atoms with Crippen molar-refractivity contribution in [2.45, 2.75) is 13.5 Å². The van der Waals surface area contributed by atoms with Gasteiger partial charge in [0.15, 0.2) is 29.8 Å². The van der Waals surface area contributed by atoms with E-state index in [1.54, 1.807) is 0 Å². The Labute approximate surface area is 217 Å². The van der Waals surface area contributed by atoms with Crippen molar-refractivity contribution >= 4 is 48.2 Å². The molecule has 2 aliphatic heterocycles. The molecule has 1 aromatic carbocycles. The Morgan fingerprint density at radius 3 is 2.86 bits per heavy atom. The first-order valence-electron chi connectivity index (χ1n) is 10.7. The molecule has 0 unspecified atom stereocenters. The molecule has 198 valence electrons. The van der Waals surface area contributed by atoms with E-state index < -0.39 is 18.0 Å². The molecule has 0 bridgehead atoms. The molecule has 3 aromatic rings. The van der Waals surface area contributed by atoms with Gasteiger partial charge in [0.1, 0.15) is 18.2 Å². The van der Waals surface area contributed by atoms with Crippen LogP contribution in [-0.4, -0.2) is 70.5 Å². The molecule has 0 saturated carbocycles. The van der Waals surface area contributed by atoms with E-state index in [0.29, 0.717) is 18.6 Å². The summed E-state index contributed by atoms with van der Waals surface area (Å²) in [5.41, 5.74) is 0.327. The fourth-order valence-corrected chi connectivity index (χ4v) is 3.71. The van der Waals surface area contributed by atoms with E-state index in [4.69, 9.17) is 14.2 Å². The maximum atomic E-state index is 14.4. The minimum atomic E-state index is -0.603. The standard InChI is InChI=1S/C21H20FN7O6.CH4.H2S/c1-28-16(31)8-24-13-3-2-12(22)18(17(13)28)33-5-4-23-6-11-9-29(21(32)35-11)14-7-25-20-19(26-14)27-15(30)10-34-20;;/h2-3,7-8,11,23H,4-6,9-10H2,1H3,(H,26,27,30);1H4;1H2/t11-;;/m1../s1. The lowest BCUT2D eigenvalue weighted by atomic mass is 10.2. The molecule has 2 amide bonds. The Kier molecular flexibility index (Phi) is 8.49. The first-order valence-corrected chi connectivity index (χ1v) is 10.7. The first-order chi connectivity index (χ1) is 16.9. The number of amides is 2. The summed E-state index contributed by atoms with van der Waals surface area (Å²) in [4.78, 5) is 49.3. The van der Waals surface area contributed by atoms with Gasteiger partial charge in [0.05, 0.1) is 24.5 Å². The molecule has 13 nitrogen and oxygen atoms in total. The number of nitrogens with zero attached hydrogens (tertiary/aromatic N) is 5. The second-order valence-electron chi connectivity index (χ2n) is 7.79. The number of nitrogens with one attached hydrogen (secondary N) is 2. The largest absolute Gasteiger partial charge is 0.487 e. The minimum Gasteiger partial charge on any atom is -0.487 e. The number of carbonyl (C=O) groups excluding carboxylic acids is 2. The number of hydrogen-bond donors (Lipinski definition) is 2. The molecule has 1 saturated heterocycles. The van der Waals surface area contributed by atoms with Crippen LogP contribution in [0.4, 0.5) is 20.8 Å². The molecule has 0 aliphatic carbocycles. The van der Waals surface area contributed by atoms with Crippen molar-refractivity contribution in [2.24, 2.45) is 7.05 Å². The fourth-order valence-electron chi connectivity index (χ4n) is 3.71. The van der Waals surface area contributed by atoms with Gasteiger partial charge in [0, 0.05) is 20.1 Å². The highest BCUT2D eigenvalue weighted by atomic mass is 32.1. The average Bonchev–Trinajstić information content (AvgIpc) is 3.22. The SMILES string of the molecule is C.Cn1c(=O)cnc2ccc(F)c(OCCNC[C@@H]3CN(c4cnc5c(n4)NC(=O)CO5)C(=O)O3)c21.S. The van der Waals surface area contributed by atoms with Gasteiger partial charge >= 0.3 is 6.09 Å². The Balaban J connectivity index is 0.00000190. The van der Waals surface area contributed by atoms with E-state index >= 15 is 0 Å². The van der Waals surface area contributed by atoms with E-state index in [1.165, 1.54) is 34.8 Å². The Hall–Kier alpha value is -3.98. The lowest BCUT2D eigenvalue weighted by molar-refractivity contribution is -0.118. The number of carbonyl (C=O) groups is 2. The van der Waals surface area contributed by atoms with Crippen LogP contribution in [0, 0.1) is 5.82 Å². The molecule has 1 fully saturated rings. The highest BCUT2D eigenvalue weighted by Crippen LogP contribution is 2.28. The molecule has 15 heteroatoms.